The third kappa shape index (κ3) is 4.65. The molecule has 1 aromatic heterocycles. The molecule has 5 nitrogen and oxygen atoms in total. The molecule has 1 saturated carbocycles. The Morgan fingerprint density at radius 2 is 2.35 bits per heavy atom. The van der Waals surface area contributed by atoms with Gasteiger partial charge < -0.3 is 15.1 Å². The first kappa shape index (κ1) is 15.1. The lowest BCUT2D eigenvalue weighted by Gasteiger charge is -2.21. The Balaban J connectivity index is 1.60. The van der Waals surface area contributed by atoms with Crippen LogP contribution in [0.15, 0.2) is 22.8 Å². The van der Waals surface area contributed by atoms with Crippen LogP contribution in [0.2, 0.25) is 0 Å². The quantitative estimate of drug-likeness (QED) is 0.716. The summed E-state index contributed by atoms with van der Waals surface area (Å²) in [5.41, 5.74) is 0. The third-order valence-electron chi connectivity index (χ3n) is 3.73. The van der Waals surface area contributed by atoms with E-state index in [9.17, 15) is 4.79 Å². The fourth-order valence-electron chi connectivity index (χ4n) is 2.30. The Labute approximate surface area is 120 Å². The molecule has 1 heterocycles. The number of carbonyl (C=O) groups is 1. The van der Waals surface area contributed by atoms with Crippen LogP contribution in [0.25, 0.3) is 0 Å². The van der Waals surface area contributed by atoms with Gasteiger partial charge in [-0.05, 0) is 38.4 Å². The van der Waals surface area contributed by atoms with Crippen LogP contribution in [0, 0.1) is 0 Å². The van der Waals surface area contributed by atoms with Gasteiger partial charge in [-0.25, -0.2) is 0 Å². The molecule has 0 bridgehead atoms. The van der Waals surface area contributed by atoms with Gasteiger partial charge in [0.15, 0.2) is 0 Å². The molecule has 0 spiro atoms. The average Bonchev–Trinajstić information content (AvgIpc) is 3.16. The minimum atomic E-state index is -0.178. The first-order valence-corrected chi connectivity index (χ1v) is 7.48. The second kappa shape index (κ2) is 7.45. The van der Waals surface area contributed by atoms with E-state index < -0.39 is 0 Å². The van der Waals surface area contributed by atoms with Gasteiger partial charge in [0.25, 0.3) is 0 Å². The third-order valence-corrected chi connectivity index (χ3v) is 3.73. The maximum atomic E-state index is 11.9. The molecule has 0 radical (unpaired) electrons. The van der Waals surface area contributed by atoms with Crippen LogP contribution in [0.5, 0.6) is 0 Å². The topological polar surface area (TPSA) is 57.5 Å². The SMILES string of the molecule is CCN(CCNC(C)C(=O)NCc1ccco1)C1CC1. The van der Waals surface area contributed by atoms with E-state index >= 15 is 0 Å². The van der Waals surface area contributed by atoms with E-state index in [1.807, 2.05) is 19.1 Å². The Hall–Kier alpha value is -1.33. The summed E-state index contributed by atoms with van der Waals surface area (Å²) in [4.78, 5) is 14.4. The van der Waals surface area contributed by atoms with Gasteiger partial charge in [0.2, 0.25) is 5.91 Å². The van der Waals surface area contributed by atoms with Crippen LogP contribution in [-0.2, 0) is 11.3 Å². The second-order valence-corrected chi connectivity index (χ2v) is 5.33. The van der Waals surface area contributed by atoms with E-state index in [4.69, 9.17) is 4.42 Å². The highest BCUT2D eigenvalue weighted by molar-refractivity contribution is 5.81. The van der Waals surface area contributed by atoms with E-state index in [1.165, 1.54) is 12.8 Å². The number of hydrogen-bond donors (Lipinski definition) is 2. The number of carbonyl (C=O) groups excluding carboxylic acids is 1. The van der Waals surface area contributed by atoms with Crippen molar-refractivity contribution < 1.29 is 9.21 Å². The van der Waals surface area contributed by atoms with Crippen molar-refractivity contribution in [2.24, 2.45) is 0 Å². The molecule has 1 amide bonds. The number of likely N-dealkylation sites (N-methyl/N-ethyl adjacent to an activating group) is 1. The van der Waals surface area contributed by atoms with E-state index in [-0.39, 0.29) is 11.9 Å². The van der Waals surface area contributed by atoms with Crippen molar-refractivity contribution in [1.29, 1.82) is 0 Å². The summed E-state index contributed by atoms with van der Waals surface area (Å²) in [6, 6.07) is 4.28. The molecule has 2 N–H and O–H groups in total. The number of rotatable bonds is 9. The largest absolute Gasteiger partial charge is 0.467 e. The van der Waals surface area contributed by atoms with Gasteiger partial charge in [0.05, 0.1) is 18.8 Å². The molecule has 0 aromatic carbocycles. The molecular formula is C15H25N3O2. The van der Waals surface area contributed by atoms with Crippen LogP contribution in [-0.4, -0.2) is 42.5 Å². The lowest BCUT2D eigenvalue weighted by molar-refractivity contribution is -0.123. The van der Waals surface area contributed by atoms with Crippen LogP contribution in [0.3, 0.4) is 0 Å². The number of nitrogens with zero attached hydrogens (tertiary/aromatic N) is 1. The van der Waals surface area contributed by atoms with Crippen molar-refractivity contribution in [3.05, 3.63) is 24.2 Å². The summed E-state index contributed by atoms with van der Waals surface area (Å²) in [5, 5.41) is 6.14. The van der Waals surface area contributed by atoms with Gasteiger partial charge in [-0.3, -0.25) is 9.69 Å². The summed E-state index contributed by atoms with van der Waals surface area (Å²) in [7, 11) is 0. The monoisotopic (exact) mass is 279 g/mol. The summed E-state index contributed by atoms with van der Waals surface area (Å²) < 4.78 is 5.18. The van der Waals surface area contributed by atoms with Gasteiger partial charge in [-0.2, -0.15) is 0 Å². The summed E-state index contributed by atoms with van der Waals surface area (Å²) in [5.74, 6) is 0.785. The van der Waals surface area contributed by atoms with Crippen LogP contribution in [0.1, 0.15) is 32.4 Å². The fraction of sp³-hybridized carbons (Fsp3) is 0.667. The number of hydrogen-bond acceptors (Lipinski definition) is 4. The molecular weight excluding hydrogens is 254 g/mol. The van der Waals surface area contributed by atoms with E-state index in [2.05, 4.69) is 22.5 Å². The molecule has 20 heavy (non-hydrogen) atoms. The molecule has 0 aliphatic heterocycles. The molecule has 112 valence electrons. The first-order valence-electron chi connectivity index (χ1n) is 7.48. The van der Waals surface area contributed by atoms with Gasteiger partial charge >= 0.3 is 0 Å². The van der Waals surface area contributed by atoms with Gasteiger partial charge in [-0.1, -0.05) is 6.92 Å². The lowest BCUT2D eigenvalue weighted by Crippen LogP contribution is -2.44. The molecule has 2 rings (SSSR count). The zero-order valence-corrected chi connectivity index (χ0v) is 12.4. The number of amides is 1. The van der Waals surface area contributed by atoms with Crippen molar-refractivity contribution >= 4 is 5.91 Å². The molecule has 1 atom stereocenters. The maximum absolute atomic E-state index is 11.9. The smallest absolute Gasteiger partial charge is 0.237 e. The summed E-state index contributed by atoms with van der Waals surface area (Å²) in [6.45, 7) is 7.48. The maximum Gasteiger partial charge on any atom is 0.237 e. The highest BCUT2D eigenvalue weighted by atomic mass is 16.3. The standard InChI is InChI=1S/C15H25N3O2/c1-3-18(13-6-7-13)9-8-16-12(2)15(19)17-11-14-5-4-10-20-14/h4-5,10,12-13,16H,3,6-9,11H2,1-2H3,(H,17,19). The van der Waals surface area contributed by atoms with E-state index in [0.29, 0.717) is 6.54 Å². The normalized spacial score (nSPS) is 16.4. The molecule has 5 heteroatoms. The molecule has 0 saturated heterocycles. The highest BCUT2D eigenvalue weighted by Gasteiger charge is 2.27. The summed E-state index contributed by atoms with van der Waals surface area (Å²) >= 11 is 0. The number of nitrogens with one attached hydrogen (secondary N) is 2. The van der Waals surface area contributed by atoms with Gasteiger partial charge in [0.1, 0.15) is 5.76 Å². The average molecular weight is 279 g/mol. The van der Waals surface area contributed by atoms with Crippen molar-refractivity contribution in [3.63, 3.8) is 0 Å². The van der Waals surface area contributed by atoms with E-state index in [0.717, 1.165) is 31.4 Å². The summed E-state index contributed by atoms with van der Waals surface area (Å²) in [6.07, 6.45) is 4.26. The second-order valence-electron chi connectivity index (χ2n) is 5.33. The molecule has 1 aromatic rings. The van der Waals surface area contributed by atoms with Crippen LogP contribution >= 0.6 is 0 Å². The highest BCUT2D eigenvalue weighted by Crippen LogP contribution is 2.25. The predicted molar refractivity (Wildman–Crippen MR) is 78.3 cm³/mol. The minimum absolute atomic E-state index is 0.0101. The van der Waals surface area contributed by atoms with Crippen molar-refractivity contribution in [1.82, 2.24) is 15.5 Å². The van der Waals surface area contributed by atoms with Crippen LogP contribution < -0.4 is 10.6 Å². The zero-order chi connectivity index (χ0) is 14.4. The fourth-order valence-corrected chi connectivity index (χ4v) is 2.30. The zero-order valence-electron chi connectivity index (χ0n) is 12.4. The van der Waals surface area contributed by atoms with Gasteiger partial charge in [-0.15, -0.1) is 0 Å². The van der Waals surface area contributed by atoms with Crippen molar-refractivity contribution in [2.45, 2.75) is 45.3 Å². The Kier molecular flexibility index (Phi) is 5.61. The van der Waals surface area contributed by atoms with Crippen molar-refractivity contribution in [2.75, 3.05) is 19.6 Å². The first-order chi connectivity index (χ1) is 9.70. The Morgan fingerprint density at radius 1 is 1.55 bits per heavy atom. The predicted octanol–water partition coefficient (Wildman–Crippen LogP) is 1.36. The molecule has 1 aliphatic rings. The Bertz CT molecular complexity index is 401. The lowest BCUT2D eigenvalue weighted by atomic mass is 10.3. The Morgan fingerprint density at radius 3 is 2.95 bits per heavy atom. The minimum Gasteiger partial charge on any atom is -0.467 e. The molecule has 1 fully saturated rings. The molecule has 1 unspecified atom stereocenters. The van der Waals surface area contributed by atoms with E-state index in [1.54, 1.807) is 6.26 Å². The van der Waals surface area contributed by atoms with Crippen LogP contribution in [0.4, 0.5) is 0 Å². The number of furan rings is 1. The van der Waals surface area contributed by atoms with Crippen molar-refractivity contribution in [3.8, 4) is 0 Å². The van der Waals surface area contributed by atoms with Gasteiger partial charge in [0, 0.05) is 19.1 Å². The molecule has 1 aliphatic carbocycles.